The quantitative estimate of drug-likeness (QED) is 0.780. The van der Waals surface area contributed by atoms with E-state index in [-0.39, 0.29) is 11.6 Å². The molecule has 1 unspecified atom stereocenters. The van der Waals surface area contributed by atoms with Crippen LogP contribution in [0.3, 0.4) is 0 Å². The van der Waals surface area contributed by atoms with E-state index in [1.54, 1.807) is 11.3 Å². The van der Waals surface area contributed by atoms with Crippen LogP contribution in [0, 0.1) is 0 Å². The van der Waals surface area contributed by atoms with Gasteiger partial charge in [0.25, 0.3) is 5.91 Å². The average molecular weight is 291 g/mol. The second-order valence-corrected chi connectivity index (χ2v) is 5.56. The summed E-state index contributed by atoms with van der Waals surface area (Å²) < 4.78 is 0. The maximum Gasteiger partial charge on any atom is 0.252 e. The Hall–Kier alpha value is -2.15. The van der Waals surface area contributed by atoms with E-state index in [2.05, 4.69) is 22.2 Å². The lowest BCUT2D eigenvalue weighted by molar-refractivity contribution is 0.100. The van der Waals surface area contributed by atoms with Gasteiger partial charge in [-0.3, -0.25) is 4.79 Å². The average Bonchev–Trinajstić information content (AvgIpc) is 2.89. The van der Waals surface area contributed by atoms with E-state index in [1.807, 2.05) is 13.1 Å². The highest BCUT2D eigenvalue weighted by Gasteiger charge is 2.15. The number of rotatable bonds is 5. The Morgan fingerprint density at radius 2 is 2.20 bits per heavy atom. The predicted molar refractivity (Wildman–Crippen MR) is 80.7 cm³/mol. The molecule has 20 heavy (non-hydrogen) atoms. The number of thiazole rings is 1. The zero-order valence-corrected chi connectivity index (χ0v) is 12.2. The van der Waals surface area contributed by atoms with Crippen molar-refractivity contribution in [3.05, 3.63) is 33.9 Å². The first-order valence-corrected chi connectivity index (χ1v) is 7.09. The van der Waals surface area contributed by atoms with Crippen molar-refractivity contribution < 1.29 is 4.79 Å². The van der Waals surface area contributed by atoms with Crippen molar-refractivity contribution in [1.82, 2.24) is 9.97 Å². The number of nitrogens with zero attached hydrogens (tertiary/aromatic N) is 2. The number of nitrogens with two attached hydrogens (primary N) is 2. The molecule has 2 heterocycles. The molecular formula is C13H17N5OS. The molecule has 1 atom stereocenters. The van der Waals surface area contributed by atoms with Gasteiger partial charge in [0.1, 0.15) is 10.8 Å². The summed E-state index contributed by atoms with van der Waals surface area (Å²) in [5.74, 6) is -0.139. The van der Waals surface area contributed by atoms with E-state index in [4.69, 9.17) is 11.5 Å². The molecular weight excluding hydrogens is 274 g/mol. The maximum atomic E-state index is 11.4. The highest BCUT2D eigenvalue weighted by atomic mass is 32.1. The number of pyridine rings is 1. The van der Waals surface area contributed by atoms with E-state index < -0.39 is 5.91 Å². The standard InChI is InChI=1S/C13H17N5OS/c1-3-9-6-17-13(20-9)7(2)18-12-10(11(15)19)4-8(14)5-16-12/h4-7H,3,14H2,1-2H3,(H2,15,19)(H,16,18). The van der Waals surface area contributed by atoms with Crippen molar-refractivity contribution in [2.45, 2.75) is 26.3 Å². The molecule has 0 radical (unpaired) electrons. The van der Waals surface area contributed by atoms with Gasteiger partial charge in [-0.25, -0.2) is 9.97 Å². The molecule has 0 saturated heterocycles. The van der Waals surface area contributed by atoms with Gasteiger partial charge < -0.3 is 16.8 Å². The monoisotopic (exact) mass is 291 g/mol. The first-order valence-electron chi connectivity index (χ1n) is 6.27. The molecule has 0 spiro atoms. The molecule has 0 aliphatic heterocycles. The highest BCUT2D eigenvalue weighted by molar-refractivity contribution is 7.11. The largest absolute Gasteiger partial charge is 0.397 e. The minimum atomic E-state index is -0.562. The number of anilines is 2. The Labute approximate surface area is 121 Å². The minimum absolute atomic E-state index is 0.0606. The molecule has 0 aliphatic carbocycles. The molecule has 0 bridgehead atoms. The van der Waals surface area contributed by atoms with Crippen LogP contribution in [-0.2, 0) is 6.42 Å². The van der Waals surface area contributed by atoms with Gasteiger partial charge in [0, 0.05) is 11.1 Å². The molecule has 7 heteroatoms. The molecule has 0 aliphatic rings. The van der Waals surface area contributed by atoms with Crippen molar-refractivity contribution in [3.8, 4) is 0 Å². The second kappa shape index (κ2) is 5.87. The number of carbonyl (C=O) groups excluding carboxylic acids is 1. The van der Waals surface area contributed by atoms with Crippen molar-refractivity contribution in [2.24, 2.45) is 5.73 Å². The topological polar surface area (TPSA) is 107 Å². The summed E-state index contributed by atoms with van der Waals surface area (Å²) in [5, 5.41) is 4.09. The van der Waals surface area contributed by atoms with Crippen molar-refractivity contribution in [1.29, 1.82) is 0 Å². The predicted octanol–water partition coefficient (Wildman–Crippen LogP) is 1.95. The Bertz CT molecular complexity index is 625. The first kappa shape index (κ1) is 14.3. The number of aromatic nitrogens is 2. The van der Waals surface area contributed by atoms with Crippen LogP contribution < -0.4 is 16.8 Å². The number of primary amides is 1. The lowest BCUT2D eigenvalue weighted by atomic mass is 10.2. The number of carbonyl (C=O) groups is 1. The van der Waals surface area contributed by atoms with Gasteiger partial charge in [-0.1, -0.05) is 6.92 Å². The summed E-state index contributed by atoms with van der Waals surface area (Å²) >= 11 is 1.64. The molecule has 1 amide bonds. The van der Waals surface area contributed by atoms with Gasteiger partial charge >= 0.3 is 0 Å². The number of nitrogens with one attached hydrogen (secondary N) is 1. The summed E-state index contributed by atoms with van der Waals surface area (Å²) in [6, 6.07) is 1.46. The van der Waals surface area contributed by atoms with Crippen molar-refractivity contribution in [2.75, 3.05) is 11.1 Å². The van der Waals surface area contributed by atoms with Crippen LogP contribution in [0.25, 0.3) is 0 Å². The molecule has 6 nitrogen and oxygen atoms in total. The van der Waals surface area contributed by atoms with Crippen LogP contribution in [0.4, 0.5) is 11.5 Å². The zero-order valence-electron chi connectivity index (χ0n) is 11.4. The molecule has 106 valence electrons. The van der Waals surface area contributed by atoms with E-state index in [1.165, 1.54) is 17.1 Å². The van der Waals surface area contributed by atoms with Gasteiger partial charge in [-0.2, -0.15) is 0 Å². The fraction of sp³-hybridized carbons (Fsp3) is 0.308. The van der Waals surface area contributed by atoms with Gasteiger partial charge in [0.05, 0.1) is 23.5 Å². The minimum Gasteiger partial charge on any atom is -0.397 e. The summed E-state index contributed by atoms with van der Waals surface area (Å²) in [4.78, 5) is 21.1. The van der Waals surface area contributed by atoms with E-state index >= 15 is 0 Å². The molecule has 0 aromatic carbocycles. The van der Waals surface area contributed by atoms with Crippen LogP contribution in [0.2, 0.25) is 0 Å². The Kier molecular flexibility index (Phi) is 4.19. The fourth-order valence-electron chi connectivity index (χ4n) is 1.74. The van der Waals surface area contributed by atoms with Crippen LogP contribution in [0.15, 0.2) is 18.5 Å². The molecule has 5 N–H and O–H groups in total. The SMILES string of the molecule is CCc1cnc(C(C)Nc2ncc(N)cc2C(N)=O)s1. The van der Waals surface area contributed by atoms with Gasteiger partial charge in [-0.05, 0) is 19.4 Å². The normalized spacial score (nSPS) is 12.1. The molecule has 2 aromatic rings. The van der Waals surface area contributed by atoms with Crippen LogP contribution in [0.1, 0.15) is 40.1 Å². The third-order valence-electron chi connectivity index (χ3n) is 2.82. The number of hydrogen-bond donors (Lipinski definition) is 3. The number of hydrogen-bond acceptors (Lipinski definition) is 6. The van der Waals surface area contributed by atoms with Crippen LogP contribution in [0.5, 0.6) is 0 Å². The lowest BCUT2D eigenvalue weighted by Crippen LogP contribution is -2.17. The second-order valence-electron chi connectivity index (χ2n) is 4.41. The lowest BCUT2D eigenvalue weighted by Gasteiger charge is -2.14. The first-order chi connectivity index (χ1) is 9.51. The summed E-state index contributed by atoms with van der Waals surface area (Å²) in [6.07, 6.45) is 4.31. The third kappa shape index (κ3) is 3.05. The van der Waals surface area contributed by atoms with Gasteiger partial charge in [0.15, 0.2) is 0 Å². The van der Waals surface area contributed by atoms with Crippen molar-refractivity contribution in [3.63, 3.8) is 0 Å². The third-order valence-corrected chi connectivity index (χ3v) is 4.14. The van der Waals surface area contributed by atoms with Gasteiger partial charge in [-0.15, -0.1) is 11.3 Å². The van der Waals surface area contributed by atoms with Gasteiger partial charge in [0.2, 0.25) is 0 Å². The van der Waals surface area contributed by atoms with Crippen LogP contribution >= 0.6 is 11.3 Å². The fourth-order valence-corrected chi connectivity index (χ4v) is 2.60. The Morgan fingerprint density at radius 3 is 2.80 bits per heavy atom. The molecule has 2 aromatic heterocycles. The van der Waals surface area contributed by atoms with Crippen LogP contribution in [-0.4, -0.2) is 15.9 Å². The number of nitrogen functional groups attached to an aromatic ring is 1. The maximum absolute atomic E-state index is 11.4. The highest BCUT2D eigenvalue weighted by Crippen LogP contribution is 2.25. The number of aryl methyl sites for hydroxylation is 1. The van der Waals surface area contributed by atoms with E-state index in [9.17, 15) is 4.79 Å². The van der Waals surface area contributed by atoms with Crippen molar-refractivity contribution >= 4 is 28.7 Å². The Morgan fingerprint density at radius 1 is 1.45 bits per heavy atom. The summed E-state index contributed by atoms with van der Waals surface area (Å²) in [5.41, 5.74) is 11.6. The smallest absolute Gasteiger partial charge is 0.252 e. The molecule has 0 fully saturated rings. The Balaban J connectivity index is 2.23. The summed E-state index contributed by atoms with van der Waals surface area (Å²) in [7, 11) is 0. The van der Waals surface area contributed by atoms with E-state index in [0.29, 0.717) is 11.5 Å². The molecule has 2 rings (SSSR count). The van der Waals surface area contributed by atoms with E-state index in [0.717, 1.165) is 11.4 Å². The number of amides is 1. The summed E-state index contributed by atoms with van der Waals surface area (Å²) in [6.45, 7) is 4.04. The zero-order chi connectivity index (χ0) is 14.7. The molecule has 0 saturated carbocycles.